The summed E-state index contributed by atoms with van der Waals surface area (Å²) in [6.45, 7) is 0.226. The Hall–Kier alpha value is -2.86. The smallest absolute Gasteiger partial charge is 0.274 e. The molecule has 0 spiro atoms. The number of unbranched alkanes of at least 4 members (excludes halogenated alkanes) is 1. The maximum atomic E-state index is 13.0. The van der Waals surface area contributed by atoms with E-state index >= 15 is 0 Å². The SMILES string of the molecule is NS(=O)(=O)NCCCC[C@H](NC(=O)COCc1ccc(F)cc1)c1nc2ccccc2[nH]1. The molecule has 1 heterocycles. The zero-order valence-corrected chi connectivity index (χ0v) is 18.2. The zero-order valence-electron chi connectivity index (χ0n) is 17.4. The van der Waals surface area contributed by atoms with Crippen molar-refractivity contribution in [3.8, 4) is 0 Å². The van der Waals surface area contributed by atoms with Crippen molar-refractivity contribution in [2.45, 2.75) is 31.9 Å². The number of aromatic amines is 1. The maximum Gasteiger partial charge on any atom is 0.274 e. The zero-order chi connectivity index (χ0) is 23.0. The van der Waals surface area contributed by atoms with Crippen molar-refractivity contribution >= 4 is 27.1 Å². The highest BCUT2D eigenvalue weighted by Crippen LogP contribution is 2.20. The van der Waals surface area contributed by atoms with Crippen LogP contribution in [-0.4, -0.2) is 37.4 Å². The summed E-state index contributed by atoms with van der Waals surface area (Å²) in [5.41, 5.74) is 2.39. The molecule has 9 nitrogen and oxygen atoms in total. The van der Waals surface area contributed by atoms with Crippen molar-refractivity contribution in [2.24, 2.45) is 5.14 Å². The van der Waals surface area contributed by atoms with Gasteiger partial charge in [0.2, 0.25) is 5.91 Å². The fourth-order valence-corrected chi connectivity index (χ4v) is 3.61. The fraction of sp³-hybridized carbons (Fsp3) is 0.333. The second kappa shape index (κ2) is 11.1. The van der Waals surface area contributed by atoms with Crippen molar-refractivity contribution in [2.75, 3.05) is 13.2 Å². The van der Waals surface area contributed by atoms with Gasteiger partial charge in [0, 0.05) is 6.54 Å². The number of fused-ring (bicyclic) bond motifs is 1. The number of carbonyl (C=O) groups is 1. The molecule has 1 amide bonds. The summed E-state index contributed by atoms with van der Waals surface area (Å²) in [4.78, 5) is 20.2. The molecule has 0 unspecified atom stereocenters. The van der Waals surface area contributed by atoms with Crippen LogP contribution in [-0.2, 0) is 26.3 Å². The number of nitrogens with two attached hydrogens (primary N) is 1. The second-order valence-electron chi connectivity index (χ2n) is 7.31. The highest BCUT2D eigenvalue weighted by molar-refractivity contribution is 7.87. The van der Waals surface area contributed by atoms with Gasteiger partial charge in [0.05, 0.1) is 23.7 Å². The van der Waals surface area contributed by atoms with Crippen LogP contribution < -0.4 is 15.2 Å². The minimum atomic E-state index is -3.72. The Kier molecular flexibility index (Phi) is 8.28. The number of aromatic nitrogens is 2. The van der Waals surface area contributed by atoms with Crippen LogP contribution in [0.2, 0.25) is 0 Å². The van der Waals surface area contributed by atoms with Crippen LogP contribution in [0.5, 0.6) is 0 Å². The second-order valence-corrected chi connectivity index (χ2v) is 8.69. The van der Waals surface area contributed by atoms with E-state index in [0.717, 1.165) is 16.6 Å². The first-order valence-electron chi connectivity index (χ1n) is 10.1. The predicted octanol–water partition coefficient (Wildman–Crippen LogP) is 2.04. The van der Waals surface area contributed by atoms with Crippen LogP contribution in [0.1, 0.15) is 36.7 Å². The van der Waals surface area contributed by atoms with Crippen molar-refractivity contribution in [3.05, 3.63) is 65.7 Å². The van der Waals surface area contributed by atoms with E-state index in [1.165, 1.54) is 12.1 Å². The van der Waals surface area contributed by atoms with Crippen molar-refractivity contribution in [1.82, 2.24) is 20.0 Å². The van der Waals surface area contributed by atoms with Crippen molar-refractivity contribution in [3.63, 3.8) is 0 Å². The number of hydrogen-bond donors (Lipinski definition) is 4. The first-order chi connectivity index (χ1) is 15.3. The van der Waals surface area contributed by atoms with Gasteiger partial charge in [-0.05, 0) is 49.1 Å². The van der Waals surface area contributed by atoms with Gasteiger partial charge < -0.3 is 15.0 Å². The summed E-state index contributed by atoms with van der Waals surface area (Å²) in [5.74, 6) is -0.0443. The van der Waals surface area contributed by atoms with E-state index in [4.69, 9.17) is 9.88 Å². The molecule has 0 radical (unpaired) electrons. The van der Waals surface area contributed by atoms with Gasteiger partial charge in [0.1, 0.15) is 18.2 Å². The summed E-state index contributed by atoms with van der Waals surface area (Å²) >= 11 is 0. The molecule has 0 aliphatic heterocycles. The van der Waals surface area contributed by atoms with Crippen LogP contribution in [0.25, 0.3) is 11.0 Å². The Morgan fingerprint density at radius 1 is 1.16 bits per heavy atom. The molecule has 32 heavy (non-hydrogen) atoms. The lowest BCUT2D eigenvalue weighted by atomic mass is 10.1. The van der Waals surface area contributed by atoms with Gasteiger partial charge in [-0.2, -0.15) is 8.42 Å². The highest BCUT2D eigenvalue weighted by atomic mass is 32.2. The number of carbonyl (C=O) groups excluding carboxylic acids is 1. The van der Waals surface area contributed by atoms with Crippen LogP contribution in [0.3, 0.4) is 0 Å². The number of H-pyrrole nitrogens is 1. The molecule has 2 aromatic carbocycles. The monoisotopic (exact) mass is 463 g/mol. The molecule has 0 saturated carbocycles. The summed E-state index contributed by atoms with van der Waals surface area (Å²) < 4.78 is 42.6. The number of imidazole rings is 1. The molecule has 0 saturated heterocycles. The van der Waals surface area contributed by atoms with E-state index in [9.17, 15) is 17.6 Å². The number of para-hydroxylation sites is 2. The molecule has 0 aliphatic rings. The predicted molar refractivity (Wildman–Crippen MR) is 118 cm³/mol. The lowest BCUT2D eigenvalue weighted by Crippen LogP contribution is -2.33. The highest BCUT2D eigenvalue weighted by Gasteiger charge is 2.18. The Balaban J connectivity index is 1.56. The third kappa shape index (κ3) is 7.68. The van der Waals surface area contributed by atoms with Gasteiger partial charge >= 0.3 is 0 Å². The normalized spacial score (nSPS) is 12.7. The number of nitrogens with one attached hydrogen (secondary N) is 3. The molecule has 5 N–H and O–H groups in total. The molecule has 0 bridgehead atoms. The van der Waals surface area contributed by atoms with E-state index < -0.39 is 16.3 Å². The third-order valence-corrected chi connectivity index (χ3v) is 5.32. The molecule has 1 aromatic heterocycles. The minimum absolute atomic E-state index is 0.166. The number of nitrogens with zero attached hydrogens (tertiary/aromatic N) is 1. The molecule has 1 atom stereocenters. The third-order valence-electron chi connectivity index (χ3n) is 4.71. The average molecular weight is 464 g/mol. The number of hydrogen-bond acceptors (Lipinski definition) is 5. The van der Waals surface area contributed by atoms with Gasteiger partial charge in [-0.3, -0.25) is 4.79 Å². The van der Waals surface area contributed by atoms with Gasteiger partial charge in [-0.25, -0.2) is 19.2 Å². The molecule has 0 fully saturated rings. The van der Waals surface area contributed by atoms with Gasteiger partial charge in [0.25, 0.3) is 10.2 Å². The number of amides is 1. The Morgan fingerprint density at radius 3 is 2.62 bits per heavy atom. The lowest BCUT2D eigenvalue weighted by Gasteiger charge is -2.17. The molecule has 172 valence electrons. The molecular formula is C21H26FN5O4S. The summed E-state index contributed by atoms with van der Waals surface area (Å²) in [7, 11) is -3.72. The van der Waals surface area contributed by atoms with Crippen molar-refractivity contribution < 1.29 is 22.3 Å². The number of rotatable bonds is 12. The van der Waals surface area contributed by atoms with Gasteiger partial charge in [0.15, 0.2) is 0 Å². The Labute approximate surface area is 185 Å². The Bertz CT molecular complexity index is 1100. The number of ether oxygens (including phenoxy) is 1. The number of halogens is 1. The van der Waals surface area contributed by atoms with E-state index in [0.29, 0.717) is 25.1 Å². The summed E-state index contributed by atoms with van der Waals surface area (Å²) in [6.07, 6.45) is 1.71. The van der Waals surface area contributed by atoms with Crippen molar-refractivity contribution in [1.29, 1.82) is 0 Å². The minimum Gasteiger partial charge on any atom is -0.367 e. The van der Waals surface area contributed by atoms with E-state index in [-0.39, 0.29) is 31.5 Å². The molecule has 11 heteroatoms. The standard InChI is InChI=1S/C21H26FN5O4S/c22-16-10-8-15(9-11-16)13-31-14-20(28)25-19(7-3-4-12-24-32(23,29)30)21-26-17-5-1-2-6-18(17)27-21/h1-2,5-6,8-11,19,24H,3-4,7,12-14H2,(H,25,28)(H,26,27)(H2,23,29,30)/t19-/m0/s1. The molecule has 3 rings (SSSR count). The first-order valence-corrected chi connectivity index (χ1v) is 11.7. The van der Waals surface area contributed by atoms with Crippen LogP contribution in [0.4, 0.5) is 4.39 Å². The first kappa shape index (κ1) is 23.8. The topological polar surface area (TPSA) is 139 Å². The van der Waals surface area contributed by atoms with E-state index in [2.05, 4.69) is 20.0 Å². The number of benzene rings is 2. The van der Waals surface area contributed by atoms with Gasteiger partial charge in [-0.15, -0.1) is 0 Å². The summed E-state index contributed by atoms with van der Waals surface area (Å²) in [5, 5.41) is 7.85. The largest absolute Gasteiger partial charge is 0.367 e. The summed E-state index contributed by atoms with van der Waals surface area (Å²) in [6, 6.07) is 13.0. The maximum absolute atomic E-state index is 13.0. The fourth-order valence-electron chi connectivity index (χ4n) is 3.18. The van der Waals surface area contributed by atoms with E-state index in [1.54, 1.807) is 12.1 Å². The van der Waals surface area contributed by atoms with E-state index in [1.807, 2.05) is 24.3 Å². The molecule has 0 aliphatic carbocycles. The lowest BCUT2D eigenvalue weighted by molar-refractivity contribution is -0.127. The van der Waals surface area contributed by atoms with Crippen LogP contribution in [0, 0.1) is 5.82 Å². The Morgan fingerprint density at radius 2 is 1.91 bits per heavy atom. The quantitative estimate of drug-likeness (QED) is 0.304. The van der Waals surface area contributed by atoms with Crippen LogP contribution in [0.15, 0.2) is 48.5 Å². The van der Waals surface area contributed by atoms with Gasteiger partial charge in [-0.1, -0.05) is 24.3 Å². The molecule has 3 aromatic rings. The average Bonchev–Trinajstić information content (AvgIpc) is 3.17. The van der Waals surface area contributed by atoms with Crippen LogP contribution >= 0.6 is 0 Å². The molecular weight excluding hydrogens is 437 g/mol.